The predicted molar refractivity (Wildman–Crippen MR) is 159 cm³/mol. The number of ether oxygens (including phenoxy) is 2. The zero-order chi connectivity index (χ0) is 26.4. The van der Waals surface area contributed by atoms with Crippen molar-refractivity contribution < 1.29 is 19.7 Å². The zero-order valence-corrected chi connectivity index (χ0v) is 22.7. The van der Waals surface area contributed by atoms with Gasteiger partial charge in [-0.3, -0.25) is 0 Å². The average Bonchev–Trinajstić information content (AvgIpc) is 3.70. The van der Waals surface area contributed by atoms with Crippen LogP contribution in [0, 0.1) is 0 Å². The maximum absolute atomic E-state index is 9.15. The number of aliphatic hydroxyl groups is 2. The molecule has 194 valence electrons. The first-order chi connectivity index (χ1) is 19.2. The van der Waals surface area contributed by atoms with Crippen LogP contribution in [0.1, 0.15) is 16.7 Å². The standard InChI is InChI=1S/C33H26O4S2/c34-14-16-36-24-6-2-22(3-7-24)33(23-4-8-25(9-5-23)37-17-15-35)20-30-28-19-29-27(26(28)11-12-31(30)39-33)10-1-21-13-18-38-32(21)29/h1-13,18-20,34-35H,14-17H2. The molecule has 0 amide bonds. The molecule has 2 heterocycles. The summed E-state index contributed by atoms with van der Waals surface area (Å²) >= 11 is 3.65. The van der Waals surface area contributed by atoms with E-state index in [-0.39, 0.29) is 26.4 Å². The van der Waals surface area contributed by atoms with E-state index in [2.05, 4.69) is 72.1 Å². The number of aliphatic hydroxyl groups excluding tert-OH is 2. The fraction of sp³-hybridized carbons (Fsp3) is 0.152. The van der Waals surface area contributed by atoms with Gasteiger partial charge in [-0.05, 0) is 85.9 Å². The molecule has 5 aromatic rings. The molecule has 0 unspecified atom stereocenters. The summed E-state index contributed by atoms with van der Waals surface area (Å²) in [6, 6.07) is 27.6. The molecule has 6 heteroatoms. The van der Waals surface area contributed by atoms with Gasteiger partial charge in [0.15, 0.2) is 0 Å². The lowest BCUT2D eigenvalue weighted by Crippen LogP contribution is -2.26. The van der Waals surface area contributed by atoms with Crippen molar-refractivity contribution in [1.82, 2.24) is 0 Å². The van der Waals surface area contributed by atoms with Crippen molar-refractivity contribution in [1.29, 1.82) is 0 Å². The third-order valence-electron chi connectivity index (χ3n) is 7.39. The lowest BCUT2D eigenvalue weighted by atomic mass is 9.89. The van der Waals surface area contributed by atoms with Gasteiger partial charge < -0.3 is 19.7 Å². The summed E-state index contributed by atoms with van der Waals surface area (Å²) in [6.07, 6.45) is 4.78. The topological polar surface area (TPSA) is 58.9 Å². The molecule has 7 rings (SSSR count). The van der Waals surface area contributed by atoms with E-state index in [1.165, 1.54) is 42.1 Å². The molecule has 1 aromatic heterocycles. The number of rotatable bonds is 8. The van der Waals surface area contributed by atoms with Gasteiger partial charge in [0.1, 0.15) is 24.7 Å². The van der Waals surface area contributed by atoms with Crippen LogP contribution in [0.3, 0.4) is 0 Å². The first-order valence-electron chi connectivity index (χ1n) is 13.0. The van der Waals surface area contributed by atoms with E-state index in [1.807, 2.05) is 36.0 Å². The van der Waals surface area contributed by atoms with Crippen LogP contribution in [0.2, 0.25) is 0 Å². The van der Waals surface area contributed by atoms with Crippen molar-refractivity contribution in [3.05, 3.63) is 111 Å². The highest BCUT2D eigenvalue weighted by Crippen LogP contribution is 2.51. The van der Waals surface area contributed by atoms with Crippen molar-refractivity contribution in [2.75, 3.05) is 26.4 Å². The van der Waals surface area contributed by atoms with Crippen LogP contribution in [-0.2, 0) is 4.75 Å². The van der Waals surface area contributed by atoms with E-state index >= 15 is 0 Å². The number of benzene rings is 4. The van der Waals surface area contributed by atoms with E-state index in [4.69, 9.17) is 19.7 Å². The van der Waals surface area contributed by atoms with Crippen LogP contribution in [0.15, 0.2) is 89.1 Å². The Labute approximate surface area is 234 Å². The minimum absolute atomic E-state index is 0.0168. The van der Waals surface area contributed by atoms with Crippen LogP contribution < -0.4 is 19.9 Å². The van der Waals surface area contributed by atoms with Gasteiger partial charge >= 0.3 is 0 Å². The summed E-state index contributed by atoms with van der Waals surface area (Å²) < 4.78 is 12.2. The summed E-state index contributed by atoms with van der Waals surface area (Å²) in [5, 5.41) is 24.3. The third-order valence-corrected chi connectivity index (χ3v) is 9.84. The fourth-order valence-corrected chi connectivity index (χ4v) is 7.97. The second kappa shape index (κ2) is 9.88. The SMILES string of the molecule is OCCOc1ccc(C2(c3ccc(OCCO)cc3)C=c3c(ccc4c3=Cc3c-4ccc4ccsc34)S2)cc1. The first kappa shape index (κ1) is 24.5. The second-order valence-electron chi connectivity index (χ2n) is 9.62. The van der Waals surface area contributed by atoms with Crippen molar-refractivity contribution >= 4 is 45.3 Å². The molecule has 0 atom stereocenters. The molecule has 1 aliphatic heterocycles. The van der Waals surface area contributed by atoms with Crippen molar-refractivity contribution in [3.63, 3.8) is 0 Å². The van der Waals surface area contributed by atoms with Crippen molar-refractivity contribution in [3.8, 4) is 22.6 Å². The number of thiophene rings is 1. The Hall–Kier alpha value is -3.55. The Balaban J connectivity index is 1.39. The minimum Gasteiger partial charge on any atom is -0.491 e. The highest BCUT2D eigenvalue weighted by molar-refractivity contribution is 8.01. The van der Waals surface area contributed by atoms with Gasteiger partial charge in [0.2, 0.25) is 0 Å². The van der Waals surface area contributed by atoms with E-state index in [9.17, 15) is 0 Å². The molecule has 0 saturated heterocycles. The maximum Gasteiger partial charge on any atom is 0.119 e. The molecule has 4 aromatic carbocycles. The van der Waals surface area contributed by atoms with Crippen molar-refractivity contribution in [2.24, 2.45) is 0 Å². The zero-order valence-electron chi connectivity index (χ0n) is 21.1. The van der Waals surface area contributed by atoms with Gasteiger partial charge in [0.05, 0.1) is 18.0 Å². The Morgan fingerprint density at radius 2 is 1.31 bits per heavy atom. The number of thioether (sulfide) groups is 1. The van der Waals surface area contributed by atoms with E-state index in [0.717, 1.165) is 22.6 Å². The minimum atomic E-state index is -0.441. The highest BCUT2D eigenvalue weighted by atomic mass is 32.2. The van der Waals surface area contributed by atoms with Gasteiger partial charge in [-0.15, -0.1) is 23.1 Å². The Kier molecular flexibility index (Phi) is 6.21. The largest absolute Gasteiger partial charge is 0.491 e. The fourth-order valence-electron chi connectivity index (χ4n) is 5.60. The molecule has 2 aliphatic rings. The maximum atomic E-state index is 9.15. The van der Waals surface area contributed by atoms with Gasteiger partial charge in [-0.1, -0.05) is 48.5 Å². The van der Waals surface area contributed by atoms with Crippen LogP contribution in [0.5, 0.6) is 11.5 Å². The van der Waals surface area contributed by atoms with Crippen LogP contribution in [0.4, 0.5) is 0 Å². The average molecular weight is 551 g/mol. The Morgan fingerprint density at radius 3 is 1.95 bits per heavy atom. The monoisotopic (exact) mass is 550 g/mol. The molecular formula is C33H26O4S2. The van der Waals surface area contributed by atoms with Gasteiger partial charge in [0.25, 0.3) is 0 Å². The van der Waals surface area contributed by atoms with E-state index < -0.39 is 4.75 Å². The summed E-state index contributed by atoms with van der Waals surface area (Å²) in [4.78, 5) is 1.25. The smallest absolute Gasteiger partial charge is 0.119 e. The molecule has 0 fully saturated rings. The normalized spacial score (nSPS) is 14.3. The lowest BCUT2D eigenvalue weighted by molar-refractivity contribution is 0.201. The van der Waals surface area contributed by atoms with Gasteiger partial charge in [-0.25, -0.2) is 0 Å². The molecule has 0 spiro atoms. The molecular weight excluding hydrogens is 524 g/mol. The summed E-state index contributed by atoms with van der Waals surface area (Å²) in [6.45, 7) is 0.506. The van der Waals surface area contributed by atoms with Gasteiger partial charge in [-0.2, -0.15) is 0 Å². The molecule has 39 heavy (non-hydrogen) atoms. The Bertz CT molecular complexity index is 1750. The predicted octanol–water partition coefficient (Wildman–Crippen LogP) is 5.28. The second-order valence-corrected chi connectivity index (χ2v) is 11.8. The molecule has 0 saturated carbocycles. The van der Waals surface area contributed by atoms with Crippen LogP contribution >= 0.6 is 23.1 Å². The number of hydrogen-bond acceptors (Lipinski definition) is 6. The summed E-state index contributed by atoms with van der Waals surface area (Å²) in [5.74, 6) is 1.47. The van der Waals surface area contributed by atoms with Gasteiger partial charge in [0, 0.05) is 15.2 Å². The number of fused-ring (bicyclic) bond motifs is 7. The van der Waals surface area contributed by atoms with Crippen LogP contribution in [0.25, 0.3) is 33.4 Å². The molecule has 0 bridgehead atoms. The van der Waals surface area contributed by atoms with Crippen molar-refractivity contribution in [2.45, 2.75) is 9.64 Å². The quantitative estimate of drug-likeness (QED) is 0.270. The van der Waals surface area contributed by atoms with E-state index in [0.29, 0.717) is 0 Å². The molecule has 0 radical (unpaired) electrons. The molecule has 2 N–H and O–H groups in total. The number of hydrogen-bond donors (Lipinski definition) is 2. The first-order valence-corrected chi connectivity index (χ1v) is 14.7. The summed E-state index contributed by atoms with van der Waals surface area (Å²) in [5.41, 5.74) is 6.20. The lowest BCUT2D eigenvalue weighted by Gasteiger charge is -2.28. The van der Waals surface area contributed by atoms with E-state index in [1.54, 1.807) is 11.3 Å². The Morgan fingerprint density at radius 1 is 0.667 bits per heavy atom. The van der Waals surface area contributed by atoms with Crippen LogP contribution in [-0.4, -0.2) is 36.6 Å². The molecule has 1 aliphatic carbocycles. The molecule has 4 nitrogen and oxygen atoms in total. The third kappa shape index (κ3) is 4.07. The highest BCUT2D eigenvalue weighted by Gasteiger charge is 2.38. The summed E-state index contributed by atoms with van der Waals surface area (Å²) in [7, 11) is 0.